The van der Waals surface area contributed by atoms with E-state index < -0.39 is 105 Å². The van der Waals surface area contributed by atoms with Crippen LogP contribution < -0.4 is 10.4 Å². The molecule has 10 atom stereocenters. The molecule has 16 heteroatoms. The van der Waals surface area contributed by atoms with E-state index in [0.717, 1.165) is 31.1 Å². The fourth-order valence-corrected chi connectivity index (χ4v) is 12.8. The highest BCUT2D eigenvalue weighted by Gasteiger charge is 2.58. The van der Waals surface area contributed by atoms with Gasteiger partial charge in [-0.05, 0) is 46.6 Å². The van der Waals surface area contributed by atoms with Crippen molar-refractivity contribution >= 4 is 48.5 Å². The summed E-state index contributed by atoms with van der Waals surface area (Å²) in [4.78, 5) is 65.5. The number of carbonyl (C=O) groups is 5. The van der Waals surface area contributed by atoms with Crippen molar-refractivity contribution in [1.82, 2.24) is 0 Å². The van der Waals surface area contributed by atoms with Gasteiger partial charge in [0.15, 0.2) is 43.1 Å². The van der Waals surface area contributed by atoms with Crippen LogP contribution in [0.1, 0.15) is 69.2 Å². The topological polar surface area (TPSA) is 189 Å². The summed E-state index contributed by atoms with van der Waals surface area (Å²) >= 11 is 0. The van der Waals surface area contributed by atoms with Crippen molar-refractivity contribution in [2.75, 3.05) is 6.61 Å². The summed E-state index contributed by atoms with van der Waals surface area (Å²) in [5.41, 5.74) is 0.243. The molecule has 340 valence electrons. The quantitative estimate of drug-likeness (QED) is 0.105. The molecule has 2 aliphatic rings. The standard InChI is InChI=1S/C48H54O15Si/c1-29-38(57-30(2)49)40(58-31(3)50)43(59-32(4)51)47(56-29)63-39-37(28-55-64(48(5,6)7,35-24-16-10-17-25-35)36-26-18-11-19-27-36)60-46(54)42(62-45(53)34-22-14-9-15-23-34)41(39)61-44(52)33-20-12-8-13-21-33/h8-27,29,37-43,46-47,54H,28H2,1-7H3/t29-,37+,38-,39-,40+,41-,42+,43+,46+,47-/m0/s1. The van der Waals surface area contributed by atoms with Crippen LogP contribution >= 0.6 is 0 Å². The fourth-order valence-electron chi connectivity index (χ4n) is 8.19. The third-order valence-electron chi connectivity index (χ3n) is 10.9. The molecular formula is C48H54O15Si. The van der Waals surface area contributed by atoms with E-state index in [0.29, 0.717) is 0 Å². The van der Waals surface area contributed by atoms with Crippen LogP contribution in [-0.2, 0) is 56.7 Å². The van der Waals surface area contributed by atoms with E-state index in [2.05, 4.69) is 20.8 Å². The van der Waals surface area contributed by atoms with E-state index in [-0.39, 0.29) is 17.7 Å². The smallest absolute Gasteiger partial charge is 0.338 e. The van der Waals surface area contributed by atoms with E-state index in [4.69, 9.17) is 42.3 Å². The largest absolute Gasteiger partial charge is 0.456 e. The van der Waals surface area contributed by atoms with Gasteiger partial charge >= 0.3 is 29.8 Å². The molecule has 0 saturated carbocycles. The predicted molar refractivity (Wildman–Crippen MR) is 232 cm³/mol. The van der Waals surface area contributed by atoms with Gasteiger partial charge in [-0.3, -0.25) is 14.4 Å². The number of carbonyl (C=O) groups excluding carboxylic acids is 5. The third kappa shape index (κ3) is 10.9. The van der Waals surface area contributed by atoms with Crippen LogP contribution in [0, 0.1) is 0 Å². The Morgan fingerprint density at radius 2 is 0.953 bits per heavy atom. The zero-order valence-corrected chi connectivity index (χ0v) is 37.7. The van der Waals surface area contributed by atoms with Gasteiger partial charge in [0, 0.05) is 20.8 Å². The Bertz CT molecular complexity index is 2160. The molecule has 0 bridgehead atoms. The predicted octanol–water partition coefficient (Wildman–Crippen LogP) is 4.66. The minimum atomic E-state index is -3.35. The Kier molecular flexibility index (Phi) is 15.5. The zero-order valence-electron chi connectivity index (χ0n) is 36.7. The lowest BCUT2D eigenvalue weighted by atomic mass is 9.96. The summed E-state index contributed by atoms with van der Waals surface area (Å²) in [6.07, 6.45) is -15.3. The summed E-state index contributed by atoms with van der Waals surface area (Å²) in [6.45, 7) is 10.8. The van der Waals surface area contributed by atoms with Gasteiger partial charge in [0.1, 0.15) is 12.2 Å². The monoisotopic (exact) mass is 898 g/mol. The lowest BCUT2D eigenvalue weighted by Crippen LogP contribution is -2.69. The number of aliphatic hydroxyl groups is 1. The number of hydrogen-bond donors (Lipinski definition) is 1. The van der Waals surface area contributed by atoms with Crippen LogP contribution in [0.5, 0.6) is 0 Å². The molecule has 6 rings (SSSR count). The van der Waals surface area contributed by atoms with Gasteiger partial charge in [0.05, 0.1) is 23.8 Å². The van der Waals surface area contributed by atoms with Gasteiger partial charge in [0.2, 0.25) is 0 Å². The first kappa shape index (κ1) is 47.7. The molecule has 4 aromatic carbocycles. The molecule has 2 fully saturated rings. The molecule has 0 aromatic heterocycles. The lowest BCUT2D eigenvalue weighted by Gasteiger charge is -2.49. The van der Waals surface area contributed by atoms with Crippen molar-refractivity contribution in [2.45, 2.75) is 115 Å². The van der Waals surface area contributed by atoms with Crippen molar-refractivity contribution in [3.05, 3.63) is 132 Å². The zero-order chi connectivity index (χ0) is 46.2. The first-order chi connectivity index (χ1) is 30.5. The Morgan fingerprint density at radius 3 is 1.41 bits per heavy atom. The Morgan fingerprint density at radius 1 is 0.547 bits per heavy atom. The highest BCUT2D eigenvalue weighted by Crippen LogP contribution is 2.39. The maximum Gasteiger partial charge on any atom is 0.338 e. The molecule has 0 spiro atoms. The van der Waals surface area contributed by atoms with Gasteiger partial charge in [-0.15, -0.1) is 0 Å². The summed E-state index contributed by atoms with van der Waals surface area (Å²) in [7, 11) is -3.35. The Hall–Kier alpha value is -5.75. The Labute approximate surface area is 372 Å². The minimum absolute atomic E-state index is 0.120. The number of esters is 5. The van der Waals surface area contributed by atoms with Crippen LogP contribution in [0.15, 0.2) is 121 Å². The molecule has 2 heterocycles. The van der Waals surface area contributed by atoms with Crippen molar-refractivity contribution in [3.8, 4) is 0 Å². The maximum atomic E-state index is 14.1. The molecule has 2 aliphatic heterocycles. The summed E-state index contributed by atoms with van der Waals surface area (Å²) in [6, 6.07) is 35.5. The average molecular weight is 899 g/mol. The average Bonchev–Trinajstić information content (AvgIpc) is 3.26. The van der Waals surface area contributed by atoms with Gasteiger partial charge < -0.3 is 47.4 Å². The molecule has 1 N–H and O–H groups in total. The molecule has 64 heavy (non-hydrogen) atoms. The molecule has 2 saturated heterocycles. The van der Waals surface area contributed by atoms with E-state index >= 15 is 0 Å². The van der Waals surface area contributed by atoms with Crippen molar-refractivity contribution in [2.24, 2.45) is 0 Å². The van der Waals surface area contributed by atoms with Crippen LogP contribution in [0.25, 0.3) is 0 Å². The molecule has 15 nitrogen and oxygen atoms in total. The lowest BCUT2D eigenvalue weighted by molar-refractivity contribution is -0.351. The highest BCUT2D eigenvalue weighted by atomic mass is 28.4. The van der Waals surface area contributed by atoms with Gasteiger partial charge in [0.25, 0.3) is 8.32 Å². The summed E-state index contributed by atoms with van der Waals surface area (Å²) in [5, 5.41) is 13.2. The maximum absolute atomic E-state index is 14.1. The van der Waals surface area contributed by atoms with Crippen molar-refractivity contribution in [3.63, 3.8) is 0 Å². The number of aliphatic hydroxyl groups excluding tert-OH is 1. The number of hydrogen-bond acceptors (Lipinski definition) is 15. The van der Waals surface area contributed by atoms with Crippen molar-refractivity contribution in [1.29, 1.82) is 0 Å². The van der Waals surface area contributed by atoms with Crippen LogP contribution in [0.4, 0.5) is 0 Å². The van der Waals surface area contributed by atoms with Crippen LogP contribution in [0.2, 0.25) is 5.04 Å². The number of rotatable bonds is 14. The van der Waals surface area contributed by atoms with E-state index in [1.165, 1.54) is 31.2 Å². The molecule has 0 aliphatic carbocycles. The third-order valence-corrected chi connectivity index (χ3v) is 15.9. The van der Waals surface area contributed by atoms with Crippen molar-refractivity contribution < 1.29 is 71.4 Å². The van der Waals surface area contributed by atoms with E-state index in [9.17, 15) is 29.1 Å². The molecule has 0 unspecified atom stereocenters. The number of ether oxygens (including phenoxy) is 8. The summed E-state index contributed by atoms with van der Waals surface area (Å²) in [5.74, 6) is -4.11. The Balaban J connectivity index is 1.50. The van der Waals surface area contributed by atoms with Gasteiger partial charge in [-0.1, -0.05) is 118 Å². The van der Waals surface area contributed by atoms with Crippen LogP contribution in [0.3, 0.4) is 0 Å². The first-order valence-electron chi connectivity index (χ1n) is 20.9. The van der Waals surface area contributed by atoms with E-state index in [1.54, 1.807) is 36.4 Å². The SMILES string of the molecule is CC(=O)O[C@@H]1[C@@H](OC(C)=O)[C@H](C)O[C@@H](O[C@@H]2[C@H](OC(=O)c3ccccc3)[C@@H](OC(=O)c3ccccc3)[C@H](O)O[C@@H]2CO[Si](c2ccccc2)(c2ccccc2)C(C)(C)C)[C@@H]1OC(C)=O. The molecular weight excluding hydrogens is 845 g/mol. The van der Waals surface area contributed by atoms with E-state index in [1.807, 2.05) is 60.7 Å². The second-order valence-electron chi connectivity index (χ2n) is 16.5. The molecule has 0 radical (unpaired) electrons. The van der Waals surface area contributed by atoms with Gasteiger partial charge in [-0.2, -0.15) is 0 Å². The second kappa shape index (κ2) is 20.8. The fraction of sp³-hybridized carbons (Fsp3) is 0.396. The summed E-state index contributed by atoms with van der Waals surface area (Å²) < 4.78 is 55.7. The molecule has 0 amide bonds. The first-order valence-corrected chi connectivity index (χ1v) is 22.8. The molecule has 4 aromatic rings. The minimum Gasteiger partial charge on any atom is -0.456 e. The second-order valence-corrected chi connectivity index (χ2v) is 20.8. The number of benzene rings is 4. The normalized spacial score (nSPS) is 25.9. The van der Waals surface area contributed by atoms with Crippen LogP contribution in [-0.4, -0.2) is 111 Å². The highest BCUT2D eigenvalue weighted by molar-refractivity contribution is 6.99. The van der Waals surface area contributed by atoms with Gasteiger partial charge in [-0.25, -0.2) is 9.59 Å².